The summed E-state index contributed by atoms with van der Waals surface area (Å²) in [5.41, 5.74) is -0.807. The standard InChI is InChI=1S/C21H25N3O5S/c1-21(2)19(25)23(17-6-4-3-5-7-17)20(30(26,27)28)24(21)18-10-8-16(9-11-18)22-12-14-29-15-13-22/h3-11,20H,12-15H2,1-2H3,(H,26,27,28). The van der Waals surface area contributed by atoms with Crippen molar-refractivity contribution < 1.29 is 22.5 Å². The minimum absolute atomic E-state index is 0.408. The van der Waals surface area contributed by atoms with Gasteiger partial charge in [0.05, 0.1) is 13.2 Å². The zero-order valence-corrected chi connectivity index (χ0v) is 17.7. The number of anilines is 3. The van der Waals surface area contributed by atoms with Gasteiger partial charge in [-0.25, -0.2) is 0 Å². The lowest BCUT2D eigenvalue weighted by Gasteiger charge is -2.34. The summed E-state index contributed by atoms with van der Waals surface area (Å²) in [7, 11) is -4.63. The molecule has 9 heteroatoms. The summed E-state index contributed by atoms with van der Waals surface area (Å²) >= 11 is 0. The highest BCUT2D eigenvalue weighted by molar-refractivity contribution is 7.86. The predicted molar refractivity (Wildman–Crippen MR) is 115 cm³/mol. The number of hydrogen-bond donors (Lipinski definition) is 1. The maximum atomic E-state index is 13.3. The Morgan fingerprint density at radius 3 is 2.07 bits per heavy atom. The van der Waals surface area contributed by atoms with Crippen molar-refractivity contribution in [3.63, 3.8) is 0 Å². The van der Waals surface area contributed by atoms with Gasteiger partial charge in [0.2, 0.25) is 5.50 Å². The van der Waals surface area contributed by atoms with Crippen molar-refractivity contribution in [3.05, 3.63) is 54.6 Å². The number of morpholine rings is 1. The second kappa shape index (κ2) is 7.57. The van der Waals surface area contributed by atoms with Crippen molar-refractivity contribution in [2.45, 2.75) is 24.9 Å². The summed E-state index contributed by atoms with van der Waals surface area (Å²) in [4.78, 5) is 18.1. The maximum Gasteiger partial charge on any atom is 0.306 e. The summed E-state index contributed by atoms with van der Waals surface area (Å²) in [6, 6.07) is 15.9. The Morgan fingerprint density at radius 2 is 1.50 bits per heavy atom. The number of nitrogens with zero attached hydrogens (tertiary/aromatic N) is 3. The van der Waals surface area contributed by atoms with E-state index >= 15 is 0 Å². The van der Waals surface area contributed by atoms with Crippen LogP contribution in [0.2, 0.25) is 0 Å². The van der Waals surface area contributed by atoms with Gasteiger partial charge in [0, 0.05) is 30.2 Å². The number of rotatable bonds is 4. The second-order valence-electron chi connectivity index (χ2n) is 7.90. The molecule has 0 radical (unpaired) electrons. The predicted octanol–water partition coefficient (Wildman–Crippen LogP) is 2.33. The molecule has 0 saturated carbocycles. The Balaban J connectivity index is 1.76. The molecule has 0 aliphatic carbocycles. The van der Waals surface area contributed by atoms with Crippen LogP contribution in [0.3, 0.4) is 0 Å². The first-order valence-electron chi connectivity index (χ1n) is 9.78. The third-order valence-corrected chi connectivity index (χ3v) is 6.55. The Kier molecular flexibility index (Phi) is 5.21. The lowest BCUT2D eigenvalue weighted by atomic mass is 10.0. The molecule has 30 heavy (non-hydrogen) atoms. The molecule has 2 saturated heterocycles. The van der Waals surface area contributed by atoms with E-state index in [0.29, 0.717) is 24.6 Å². The Labute approximate surface area is 176 Å². The molecule has 2 heterocycles. The SMILES string of the molecule is CC1(C)C(=O)N(c2ccccc2)C(S(=O)(=O)O)N1c1ccc(N2CCOCC2)cc1. The first-order chi connectivity index (χ1) is 14.2. The van der Waals surface area contributed by atoms with E-state index in [1.807, 2.05) is 12.1 Å². The van der Waals surface area contributed by atoms with Gasteiger partial charge < -0.3 is 14.5 Å². The maximum absolute atomic E-state index is 13.3. The van der Waals surface area contributed by atoms with Gasteiger partial charge in [-0.15, -0.1) is 0 Å². The van der Waals surface area contributed by atoms with Crippen molar-refractivity contribution in [1.82, 2.24) is 0 Å². The highest BCUT2D eigenvalue weighted by Gasteiger charge is 2.57. The van der Waals surface area contributed by atoms with Crippen LogP contribution in [0.15, 0.2) is 54.6 Å². The van der Waals surface area contributed by atoms with Crippen LogP contribution < -0.4 is 14.7 Å². The molecule has 0 spiro atoms. The molecule has 160 valence electrons. The van der Waals surface area contributed by atoms with Crippen LogP contribution in [-0.2, 0) is 19.6 Å². The molecule has 8 nitrogen and oxygen atoms in total. The lowest BCUT2D eigenvalue weighted by molar-refractivity contribution is -0.120. The lowest BCUT2D eigenvalue weighted by Crippen LogP contribution is -2.49. The molecule has 1 N–H and O–H groups in total. The van der Waals surface area contributed by atoms with Gasteiger partial charge in [0.1, 0.15) is 5.54 Å². The van der Waals surface area contributed by atoms with E-state index in [9.17, 15) is 17.8 Å². The minimum Gasteiger partial charge on any atom is -0.378 e. The fourth-order valence-electron chi connectivity index (χ4n) is 4.09. The normalized spacial score (nSPS) is 21.9. The van der Waals surface area contributed by atoms with Crippen molar-refractivity contribution in [1.29, 1.82) is 0 Å². The largest absolute Gasteiger partial charge is 0.378 e. The van der Waals surface area contributed by atoms with Gasteiger partial charge in [0.15, 0.2) is 0 Å². The minimum atomic E-state index is -4.63. The average Bonchev–Trinajstić information content (AvgIpc) is 2.96. The zero-order chi connectivity index (χ0) is 21.5. The van der Waals surface area contributed by atoms with Crippen LogP contribution in [0.1, 0.15) is 13.8 Å². The van der Waals surface area contributed by atoms with E-state index in [2.05, 4.69) is 4.90 Å². The Hall–Kier alpha value is -2.62. The number of carbonyl (C=O) groups is 1. The van der Waals surface area contributed by atoms with E-state index in [-0.39, 0.29) is 0 Å². The quantitative estimate of drug-likeness (QED) is 0.743. The van der Waals surface area contributed by atoms with Gasteiger partial charge in [-0.05, 0) is 50.2 Å². The smallest absolute Gasteiger partial charge is 0.306 e. The molecule has 1 unspecified atom stereocenters. The highest BCUT2D eigenvalue weighted by Crippen LogP contribution is 2.40. The van der Waals surface area contributed by atoms with Crippen molar-refractivity contribution in [2.75, 3.05) is 41.0 Å². The fraction of sp³-hybridized carbons (Fsp3) is 0.381. The van der Waals surface area contributed by atoms with E-state index in [4.69, 9.17) is 4.74 Å². The molecule has 2 aliphatic rings. The van der Waals surface area contributed by atoms with Gasteiger partial charge in [0.25, 0.3) is 5.91 Å². The van der Waals surface area contributed by atoms with Gasteiger partial charge in [-0.2, -0.15) is 8.42 Å². The van der Waals surface area contributed by atoms with Crippen LogP contribution in [0.25, 0.3) is 0 Å². The number of para-hydroxylation sites is 1. The molecule has 2 aliphatic heterocycles. The van der Waals surface area contributed by atoms with Gasteiger partial charge in [-0.1, -0.05) is 18.2 Å². The monoisotopic (exact) mass is 431 g/mol. The fourth-order valence-corrected chi connectivity index (χ4v) is 5.22. The highest BCUT2D eigenvalue weighted by atomic mass is 32.2. The molecule has 2 fully saturated rings. The molecule has 1 amide bonds. The van der Waals surface area contributed by atoms with Gasteiger partial charge in [-0.3, -0.25) is 14.2 Å². The number of carbonyl (C=O) groups excluding carboxylic acids is 1. The average molecular weight is 432 g/mol. The number of ether oxygens (including phenoxy) is 1. The summed E-state index contributed by atoms with van der Waals surface area (Å²) < 4.78 is 40.4. The van der Waals surface area contributed by atoms with E-state index in [1.54, 1.807) is 56.3 Å². The topological polar surface area (TPSA) is 90.4 Å². The van der Waals surface area contributed by atoms with Crippen LogP contribution >= 0.6 is 0 Å². The Morgan fingerprint density at radius 1 is 0.933 bits per heavy atom. The van der Waals surface area contributed by atoms with Crippen molar-refractivity contribution in [2.24, 2.45) is 0 Å². The van der Waals surface area contributed by atoms with Crippen LogP contribution in [0.4, 0.5) is 17.1 Å². The van der Waals surface area contributed by atoms with E-state index < -0.39 is 27.1 Å². The molecule has 1 atom stereocenters. The summed E-state index contributed by atoms with van der Waals surface area (Å²) in [6.45, 7) is 6.20. The molecular formula is C21H25N3O5S. The molecule has 4 rings (SSSR count). The van der Waals surface area contributed by atoms with E-state index in [1.165, 1.54) is 4.90 Å². The van der Waals surface area contributed by atoms with Crippen molar-refractivity contribution >= 4 is 33.1 Å². The number of benzene rings is 2. The second-order valence-corrected chi connectivity index (χ2v) is 9.35. The van der Waals surface area contributed by atoms with E-state index in [0.717, 1.165) is 23.7 Å². The number of amides is 1. The number of hydrogen-bond acceptors (Lipinski definition) is 6. The summed E-state index contributed by atoms with van der Waals surface area (Å²) in [5, 5.41) is 0. The zero-order valence-electron chi connectivity index (χ0n) is 16.9. The summed E-state index contributed by atoms with van der Waals surface area (Å²) in [5.74, 6) is -0.409. The third kappa shape index (κ3) is 3.53. The first kappa shape index (κ1) is 20.6. The first-order valence-corrected chi connectivity index (χ1v) is 11.3. The summed E-state index contributed by atoms with van der Waals surface area (Å²) in [6.07, 6.45) is 0. The van der Waals surface area contributed by atoms with Crippen LogP contribution in [0, 0.1) is 0 Å². The molecule has 0 bridgehead atoms. The molecule has 2 aromatic rings. The third-order valence-electron chi connectivity index (χ3n) is 5.59. The van der Waals surface area contributed by atoms with Gasteiger partial charge >= 0.3 is 10.1 Å². The Bertz CT molecular complexity index is 1020. The molecular weight excluding hydrogens is 406 g/mol. The van der Waals surface area contributed by atoms with Crippen LogP contribution in [0.5, 0.6) is 0 Å². The molecule has 0 aromatic heterocycles. The van der Waals surface area contributed by atoms with Crippen LogP contribution in [-0.4, -0.2) is 56.2 Å². The molecule has 2 aromatic carbocycles. The van der Waals surface area contributed by atoms with Crippen molar-refractivity contribution in [3.8, 4) is 0 Å².